The van der Waals surface area contributed by atoms with Crippen LogP contribution in [0.15, 0.2) is 12.3 Å². The molecule has 0 aliphatic carbocycles. The first-order valence-corrected chi connectivity index (χ1v) is 5.98. The third-order valence-electron chi connectivity index (χ3n) is 1.53. The van der Waals surface area contributed by atoms with Crippen molar-refractivity contribution in [3.8, 4) is 0 Å². The van der Waals surface area contributed by atoms with Gasteiger partial charge in [-0.1, -0.05) is 0 Å². The molecule has 0 spiro atoms. The predicted molar refractivity (Wildman–Crippen MR) is 56.2 cm³/mol. The van der Waals surface area contributed by atoms with Crippen molar-refractivity contribution in [2.75, 3.05) is 13.6 Å². The van der Waals surface area contributed by atoms with E-state index in [-0.39, 0.29) is 6.42 Å². The zero-order chi connectivity index (χ0) is 11.7. The Morgan fingerprint density at radius 3 is 2.67 bits per heavy atom. The van der Waals surface area contributed by atoms with Crippen LogP contribution in [-0.4, -0.2) is 25.1 Å². The van der Waals surface area contributed by atoms with Gasteiger partial charge in [-0.05, 0) is 27.7 Å². The van der Waals surface area contributed by atoms with Crippen LogP contribution in [0, 0.1) is 0 Å². The van der Waals surface area contributed by atoms with Gasteiger partial charge < -0.3 is 10.1 Å². The van der Waals surface area contributed by atoms with E-state index in [0.29, 0.717) is 12.8 Å². The molecule has 1 radical (unpaired) electrons. The normalized spacial score (nSPS) is 17.3. The van der Waals surface area contributed by atoms with Gasteiger partial charge >= 0.3 is 10.5 Å². The monoisotopic (exact) mass is 236 g/mol. The molecule has 2 atom stereocenters. The van der Waals surface area contributed by atoms with E-state index in [1.807, 2.05) is 6.92 Å². The van der Waals surface area contributed by atoms with Crippen LogP contribution in [0.1, 0.15) is 13.3 Å². The summed E-state index contributed by atoms with van der Waals surface area (Å²) in [6.07, 6.45) is 3.28. The van der Waals surface area contributed by atoms with E-state index < -0.39 is 15.7 Å². The minimum atomic E-state index is -3.78. The smallest absolute Gasteiger partial charge is 0.391 e. The van der Waals surface area contributed by atoms with Crippen molar-refractivity contribution in [1.29, 1.82) is 0 Å². The number of rotatable bonds is 8. The molecule has 7 heteroatoms. The third kappa shape index (κ3) is 5.63. The quantitative estimate of drug-likeness (QED) is 0.351. The van der Waals surface area contributed by atoms with E-state index in [1.54, 1.807) is 0 Å². The van der Waals surface area contributed by atoms with Crippen LogP contribution in [0.2, 0.25) is 0 Å². The van der Waals surface area contributed by atoms with Crippen molar-refractivity contribution < 1.29 is 17.8 Å². The van der Waals surface area contributed by atoms with Gasteiger partial charge in [0.1, 0.15) is 6.29 Å². The van der Waals surface area contributed by atoms with Gasteiger partial charge in [0, 0.05) is 13.6 Å². The van der Waals surface area contributed by atoms with E-state index in [4.69, 9.17) is 0 Å². The second-order valence-electron chi connectivity index (χ2n) is 2.64. The molecule has 0 aliphatic rings. The van der Waals surface area contributed by atoms with Crippen LogP contribution >= 0.6 is 0 Å². The lowest BCUT2D eigenvalue weighted by molar-refractivity contribution is -0.107. The molecule has 0 amide bonds. The zero-order valence-corrected chi connectivity index (χ0v) is 9.58. The highest BCUT2D eigenvalue weighted by Gasteiger charge is 2.41. The fraction of sp³-hybridized carbons (Fsp3) is 0.625. The van der Waals surface area contributed by atoms with Gasteiger partial charge in [-0.25, -0.2) is 0 Å². The fourth-order valence-corrected chi connectivity index (χ4v) is 1.80. The fourth-order valence-electron chi connectivity index (χ4n) is 0.859. The van der Waals surface area contributed by atoms with Gasteiger partial charge in [0.15, 0.2) is 0 Å². The highest BCUT2D eigenvalue weighted by atomic mass is 32.3. The SMILES string of the molecule is CCN/C=C/C(CC=O)[S+]([O])(=O)ONC. The molecule has 0 aromatic rings. The average molecular weight is 236 g/mol. The molecule has 2 N–H and O–H groups in total. The van der Waals surface area contributed by atoms with Crippen LogP contribution < -0.4 is 10.8 Å². The van der Waals surface area contributed by atoms with Crippen LogP contribution in [0.4, 0.5) is 0 Å². The molecule has 0 aromatic heterocycles. The molecule has 87 valence electrons. The number of hydroxylamine groups is 1. The molecule has 0 heterocycles. The van der Waals surface area contributed by atoms with E-state index in [9.17, 15) is 13.6 Å². The summed E-state index contributed by atoms with van der Waals surface area (Å²) in [5.74, 6) is 0. The Morgan fingerprint density at radius 1 is 1.53 bits per heavy atom. The highest BCUT2D eigenvalue weighted by molar-refractivity contribution is 7.93. The Kier molecular flexibility index (Phi) is 7.14. The average Bonchev–Trinajstić information content (AvgIpc) is 2.16. The zero-order valence-electron chi connectivity index (χ0n) is 8.76. The van der Waals surface area contributed by atoms with Crippen molar-refractivity contribution in [2.24, 2.45) is 0 Å². The van der Waals surface area contributed by atoms with E-state index >= 15 is 0 Å². The molecular weight excluding hydrogens is 220 g/mol. The van der Waals surface area contributed by atoms with Gasteiger partial charge in [-0.15, -0.1) is 0 Å². The Hall–Kier alpha value is -0.760. The molecule has 0 fully saturated rings. The van der Waals surface area contributed by atoms with E-state index in [2.05, 4.69) is 15.1 Å². The minimum Gasteiger partial charge on any atom is -0.391 e. The van der Waals surface area contributed by atoms with Gasteiger partial charge in [-0.3, -0.25) is 0 Å². The second kappa shape index (κ2) is 7.52. The summed E-state index contributed by atoms with van der Waals surface area (Å²) in [4.78, 5) is 10.3. The number of hydrogen-bond acceptors (Lipinski definition) is 5. The second-order valence-corrected chi connectivity index (χ2v) is 4.40. The molecule has 0 saturated heterocycles. The van der Waals surface area contributed by atoms with Gasteiger partial charge in [-0.2, -0.15) is 5.48 Å². The number of nitrogens with one attached hydrogen (secondary N) is 2. The molecule has 15 heavy (non-hydrogen) atoms. The van der Waals surface area contributed by atoms with Gasteiger partial charge in [0.2, 0.25) is 5.25 Å². The Balaban J connectivity index is 4.49. The predicted octanol–water partition coefficient (Wildman–Crippen LogP) is -0.0218. The maximum Gasteiger partial charge on any atom is 0.420 e. The molecule has 0 rings (SSSR count). The van der Waals surface area contributed by atoms with Gasteiger partial charge in [0.25, 0.3) is 0 Å². The highest BCUT2D eigenvalue weighted by Crippen LogP contribution is 2.14. The van der Waals surface area contributed by atoms with Crippen molar-refractivity contribution in [1.82, 2.24) is 10.8 Å². The minimum absolute atomic E-state index is 0.133. The maximum absolute atomic E-state index is 11.4. The number of carbonyl (C=O) groups is 1. The van der Waals surface area contributed by atoms with Crippen LogP contribution in [0.5, 0.6) is 0 Å². The lowest BCUT2D eigenvalue weighted by Gasteiger charge is -2.05. The van der Waals surface area contributed by atoms with Crippen molar-refractivity contribution >= 4 is 16.8 Å². The molecule has 0 saturated carbocycles. The first kappa shape index (κ1) is 14.2. The molecular formula is C8H16N2O4S+. The van der Waals surface area contributed by atoms with Crippen molar-refractivity contribution in [3.63, 3.8) is 0 Å². The van der Waals surface area contributed by atoms with Gasteiger partial charge in [0.05, 0.1) is 11.0 Å². The standard InChI is InChI=1S/C8H16N2O4S/c1-3-10-6-4-8(5-7-11)15(12,13)14-9-2/h4,6-10H,3,5H2,1-2H3/q+1/b6-4+. The van der Waals surface area contributed by atoms with E-state index in [0.717, 1.165) is 0 Å². The summed E-state index contributed by atoms with van der Waals surface area (Å²) in [6, 6.07) is 0. The summed E-state index contributed by atoms with van der Waals surface area (Å²) in [5, 5.41) is 1.84. The summed E-state index contributed by atoms with van der Waals surface area (Å²) in [5.41, 5.74) is 2.08. The number of carbonyl (C=O) groups excluding carboxylic acids is 1. The number of aldehydes is 1. The molecule has 0 bridgehead atoms. The first-order chi connectivity index (χ1) is 7.08. The topological polar surface area (TPSA) is 87.3 Å². The van der Waals surface area contributed by atoms with Crippen LogP contribution in [-0.2, 0) is 28.3 Å². The summed E-state index contributed by atoms with van der Waals surface area (Å²) < 4.78 is 27.1. The van der Waals surface area contributed by atoms with Crippen molar-refractivity contribution in [2.45, 2.75) is 18.6 Å². The van der Waals surface area contributed by atoms with Crippen LogP contribution in [0.25, 0.3) is 0 Å². The maximum atomic E-state index is 11.4. The molecule has 2 unspecified atom stereocenters. The largest absolute Gasteiger partial charge is 0.420 e. The Labute approximate surface area is 90.5 Å². The lowest BCUT2D eigenvalue weighted by Crippen LogP contribution is -2.31. The Morgan fingerprint density at radius 2 is 2.20 bits per heavy atom. The molecule has 0 aliphatic heterocycles. The summed E-state index contributed by atoms with van der Waals surface area (Å²) >= 11 is 0. The first-order valence-electron chi connectivity index (χ1n) is 4.51. The van der Waals surface area contributed by atoms with E-state index in [1.165, 1.54) is 19.3 Å². The summed E-state index contributed by atoms with van der Waals surface area (Å²) in [6.45, 7) is 2.55. The number of hydrogen-bond donors (Lipinski definition) is 2. The lowest BCUT2D eigenvalue weighted by atomic mass is 10.3. The Bertz CT molecular complexity index is 257. The molecule has 6 nitrogen and oxygen atoms in total. The summed E-state index contributed by atoms with van der Waals surface area (Å²) in [7, 11) is -2.45. The molecule has 0 aromatic carbocycles. The van der Waals surface area contributed by atoms with Crippen LogP contribution in [0.3, 0.4) is 0 Å². The van der Waals surface area contributed by atoms with Crippen molar-refractivity contribution in [3.05, 3.63) is 12.3 Å². The third-order valence-corrected chi connectivity index (χ3v) is 3.02.